The predicted molar refractivity (Wildman–Crippen MR) is 144 cm³/mol. The highest BCUT2D eigenvalue weighted by Crippen LogP contribution is 2.39. The molecule has 1 saturated heterocycles. The number of aromatic nitrogens is 2. The number of nitrogens with zero attached hydrogens (tertiary/aromatic N) is 3. The quantitative estimate of drug-likeness (QED) is 0.215. The average molecular weight is 502 g/mol. The molecule has 0 radical (unpaired) electrons. The molecule has 1 aliphatic rings. The minimum atomic E-state index is -0.151. The summed E-state index contributed by atoms with van der Waals surface area (Å²) in [6.45, 7) is 2.00. The molecule has 168 valence electrons. The Balaban J connectivity index is 1.54. The second kappa shape index (κ2) is 9.58. The van der Waals surface area contributed by atoms with Gasteiger partial charge < -0.3 is 0 Å². The number of carbonyl (C=O) groups is 1. The first-order valence-corrected chi connectivity index (χ1v) is 12.3. The summed E-state index contributed by atoms with van der Waals surface area (Å²) >= 11 is 13.0. The first-order valence-electron chi connectivity index (χ1n) is 10.7. The third-order valence-corrected chi connectivity index (χ3v) is 7.24. The highest BCUT2D eigenvalue weighted by molar-refractivity contribution is 8.26. The van der Waals surface area contributed by atoms with Crippen LogP contribution in [0.3, 0.4) is 0 Å². The molecule has 1 fully saturated rings. The lowest BCUT2D eigenvalue weighted by atomic mass is 10.1. The monoisotopic (exact) mass is 501 g/mol. The van der Waals surface area contributed by atoms with Crippen molar-refractivity contribution in [1.82, 2.24) is 14.7 Å². The molecule has 0 aliphatic carbocycles. The van der Waals surface area contributed by atoms with Gasteiger partial charge in [-0.15, -0.1) is 0 Å². The molecule has 1 atom stereocenters. The Bertz CT molecular complexity index is 1380. The summed E-state index contributed by atoms with van der Waals surface area (Å²) in [5.74, 6) is -0.0964. The highest BCUT2D eigenvalue weighted by Gasteiger charge is 2.36. The molecule has 0 spiro atoms. The lowest BCUT2D eigenvalue weighted by molar-refractivity contribution is -0.123. The topological polar surface area (TPSA) is 38.1 Å². The van der Waals surface area contributed by atoms with Gasteiger partial charge in [-0.05, 0) is 42.8 Å². The number of halogens is 1. The molecule has 3 aromatic carbocycles. The number of hydrogen-bond donors (Lipinski definition) is 0. The van der Waals surface area contributed by atoms with E-state index < -0.39 is 0 Å². The van der Waals surface area contributed by atoms with Crippen molar-refractivity contribution < 1.29 is 4.79 Å². The first kappa shape index (κ1) is 22.6. The van der Waals surface area contributed by atoms with E-state index in [1.165, 1.54) is 11.8 Å². The van der Waals surface area contributed by atoms with Crippen molar-refractivity contribution in [2.24, 2.45) is 0 Å². The SMILES string of the molecule is CC(c1ccccc1)N1C(=O)/C(=C/c2cn(-c3ccccc3)nc2-c2ccc(Cl)cc2)SC1=S. The second-order valence-electron chi connectivity index (χ2n) is 7.86. The van der Waals surface area contributed by atoms with Gasteiger partial charge in [-0.2, -0.15) is 5.10 Å². The van der Waals surface area contributed by atoms with Gasteiger partial charge in [0.1, 0.15) is 4.32 Å². The zero-order valence-corrected chi connectivity index (χ0v) is 20.6. The van der Waals surface area contributed by atoms with Crippen LogP contribution < -0.4 is 0 Å². The number of amides is 1. The average Bonchev–Trinajstić information content (AvgIpc) is 3.41. The highest BCUT2D eigenvalue weighted by atomic mass is 35.5. The predicted octanol–water partition coefficient (Wildman–Crippen LogP) is 7.16. The normalized spacial score (nSPS) is 15.8. The fourth-order valence-electron chi connectivity index (χ4n) is 3.87. The van der Waals surface area contributed by atoms with Gasteiger partial charge in [0.25, 0.3) is 5.91 Å². The van der Waals surface area contributed by atoms with Crippen LogP contribution in [-0.2, 0) is 4.79 Å². The van der Waals surface area contributed by atoms with E-state index in [1.807, 2.05) is 109 Å². The molecule has 7 heteroatoms. The van der Waals surface area contributed by atoms with Crippen molar-refractivity contribution in [3.8, 4) is 16.9 Å². The van der Waals surface area contributed by atoms with Crippen molar-refractivity contribution in [2.45, 2.75) is 13.0 Å². The maximum atomic E-state index is 13.4. The molecule has 0 bridgehead atoms. The van der Waals surface area contributed by atoms with Crippen LogP contribution in [0.1, 0.15) is 24.1 Å². The molecule has 1 aliphatic heterocycles. The molecule has 0 N–H and O–H groups in total. The van der Waals surface area contributed by atoms with Crippen LogP contribution in [0, 0.1) is 0 Å². The smallest absolute Gasteiger partial charge is 0.266 e. The van der Waals surface area contributed by atoms with Gasteiger partial charge in [-0.25, -0.2) is 4.68 Å². The van der Waals surface area contributed by atoms with Crippen molar-refractivity contribution in [3.63, 3.8) is 0 Å². The summed E-state index contributed by atoms with van der Waals surface area (Å²) in [7, 11) is 0. The number of rotatable bonds is 5. The van der Waals surface area contributed by atoms with Crippen molar-refractivity contribution in [1.29, 1.82) is 0 Å². The molecule has 0 saturated carbocycles. The van der Waals surface area contributed by atoms with Crippen molar-refractivity contribution in [3.05, 3.63) is 112 Å². The maximum absolute atomic E-state index is 13.4. The van der Waals surface area contributed by atoms with Crippen LogP contribution in [0.4, 0.5) is 0 Å². The standard InChI is InChI=1S/C27H20ClN3OS2/c1-18(19-8-4-2-5-9-19)31-26(32)24(34-27(31)33)16-21-17-30(23-10-6-3-7-11-23)29-25(21)20-12-14-22(28)15-13-20/h2-18H,1H3/b24-16-. The van der Waals surface area contributed by atoms with Crippen molar-refractivity contribution >= 4 is 51.9 Å². The third kappa shape index (κ3) is 4.44. The Labute approximate surface area is 212 Å². The van der Waals surface area contributed by atoms with Gasteiger partial charge in [-0.1, -0.05) is 96.2 Å². The number of benzene rings is 3. The van der Waals surface area contributed by atoms with Gasteiger partial charge in [-0.3, -0.25) is 9.69 Å². The van der Waals surface area contributed by atoms with Crippen LogP contribution in [0.15, 0.2) is 96.0 Å². The summed E-state index contributed by atoms with van der Waals surface area (Å²) in [5, 5.41) is 5.49. The van der Waals surface area contributed by atoms with E-state index in [0.29, 0.717) is 14.2 Å². The van der Waals surface area contributed by atoms with Crippen LogP contribution >= 0.6 is 35.6 Å². The molecule has 5 rings (SSSR count). The summed E-state index contributed by atoms with van der Waals surface area (Å²) in [6, 6.07) is 27.2. The Kier molecular flexibility index (Phi) is 6.37. The van der Waals surface area contributed by atoms with E-state index >= 15 is 0 Å². The Morgan fingerprint density at radius 3 is 2.29 bits per heavy atom. The minimum Gasteiger partial charge on any atom is -0.286 e. The minimum absolute atomic E-state index is 0.0964. The molecular formula is C27H20ClN3OS2. The number of para-hydroxylation sites is 1. The van der Waals surface area contributed by atoms with Crippen LogP contribution in [0.2, 0.25) is 5.02 Å². The number of thiocarbonyl (C=S) groups is 1. The second-order valence-corrected chi connectivity index (χ2v) is 9.97. The first-order chi connectivity index (χ1) is 16.5. The van der Waals surface area contributed by atoms with E-state index in [4.69, 9.17) is 28.9 Å². The molecule has 4 aromatic rings. The Hall–Kier alpha value is -3.19. The Morgan fingerprint density at radius 2 is 1.62 bits per heavy atom. The van der Waals surface area contributed by atoms with Crippen molar-refractivity contribution in [2.75, 3.05) is 0 Å². The van der Waals surface area contributed by atoms with Gasteiger partial charge in [0, 0.05) is 22.3 Å². The molecule has 4 nitrogen and oxygen atoms in total. The lowest BCUT2D eigenvalue weighted by Gasteiger charge is -2.23. The summed E-state index contributed by atoms with van der Waals surface area (Å²) in [5.41, 5.74) is 4.49. The molecule has 2 heterocycles. The molecule has 34 heavy (non-hydrogen) atoms. The van der Waals surface area contributed by atoms with Gasteiger partial charge in [0.2, 0.25) is 0 Å². The van der Waals surface area contributed by atoms with E-state index in [0.717, 1.165) is 28.1 Å². The fourth-order valence-corrected chi connectivity index (χ4v) is 5.41. The van der Waals surface area contributed by atoms with Gasteiger partial charge in [0.05, 0.1) is 22.3 Å². The summed E-state index contributed by atoms with van der Waals surface area (Å²) in [4.78, 5) is 15.7. The molecular weight excluding hydrogens is 482 g/mol. The van der Waals surface area contributed by atoms with E-state index in [9.17, 15) is 4.79 Å². The lowest BCUT2D eigenvalue weighted by Crippen LogP contribution is -2.30. The van der Waals surface area contributed by atoms with E-state index in [1.54, 1.807) is 4.90 Å². The van der Waals surface area contributed by atoms with Crippen LogP contribution in [0.25, 0.3) is 23.0 Å². The maximum Gasteiger partial charge on any atom is 0.266 e. The number of thioether (sulfide) groups is 1. The van der Waals surface area contributed by atoms with Crippen LogP contribution in [0.5, 0.6) is 0 Å². The van der Waals surface area contributed by atoms with Gasteiger partial charge in [0.15, 0.2) is 0 Å². The summed E-state index contributed by atoms with van der Waals surface area (Å²) < 4.78 is 2.37. The number of carbonyl (C=O) groups excluding carboxylic acids is 1. The third-order valence-electron chi connectivity index (χ3n) is 5.66. The number of hydrogen-bond acceptors (Lipinski definition) is 4. The van der Waals surface area contributed by atoms with Crippen LogP contribution in [-0.4, -0.2) is 24.9 Å². The largest absolute Gasteiger partial charge is 0.286 e. The molecule has 1 unspecified atom stereocenters. The fraction of sp³-hybridized carbons (Fsp3) is 0.0741. The molecule has 1 amide bonds. The zero-order chi connectivity index (χ0) is 23.7. The summed E-state index contributed by atoms with van der Waals surface area (Å²) in [6.07, 6.45) is 3.82. The zero-order valence-electron chi connectivity index (χ0n) is 18.3. The van der Waals surface area contributed by atoms with E-state index in [2.05, 4.69) is 0 Å². The Morgan fingerprint density at radius 1 is 0.971 bits per heavy atom. The van der Waals surface area contributed by atoms with E-state index in [-0.39, 0.29) is 11.9 Å². The van der Waals surface area contributed by atoms with Gasteiger partial charge >= 0.3 is 0 Å². The molecule has 1 aromatic heterocycles.